The van der Waals surface area contributed by atoms with Gasteiger partial charge in [0, 0.05) is 0 Å². The van der Waals surface area contributed by atoms with Gasteiger partial charge in [0.2, 0.25) is 0 Å². The predicted molar refractivity (Wildman–Crippen MR) is 80.3 cm³/mol. The lowest BCUT2D eigenvalue weighted by molar-refractivity contribution is 0.697. The fourth-order valence-corrected chi connectivity index (χ4v) is 1.73. The second-order valence-electron chi connectivity index (χ2n) is 4.81. The first-order valence-corrected chi connectivity index (χ1v) is 7.21. The van der Waals surface area contributed by atoms with E-state index in [1.807, 2.05) is 0 Å². The van der Waals surface area contributed by atoms with Crippen LogP contribution in [0.2, 0.25) is 0 Å². The minimum Gasteiger partial charge on any atom is -0.0914 e. The van der Waals surface area contributed by atoms with E-state index >= 15 is 0 Å². The Morgan fingerprint density at radius 1 is 1.35 bits per heavy atom. The van der Waals surface area contributed by atoms with E-state index in [1.54, 1.807) is 5.57 Å². The standard InChI is InChI=1S/C10H16.C7H14/c1-2-3-7-10-8-5-4-6-9-10;1-4-6-7(3)5-2/h4-5,8H,2-3,6-7,9H2,1H3;4,6-7H,5H2,1-3H3/b;6-4-. The van der Waals surface area contributed by atoms with Gasteiger partial charge in [-0.05, 0) is 38.5 Å². The van der Waals surface area contributed by atoms with E-state index in [2.05, 4.69) is 58.1 Å². The molecule has 0 saturated heterocycles. The zero-order chi connectivity index (χ0) is 12.9. The highest BCUT2D eigenvalue weighted by atomic mass is 14.0. The van der Waals surface area contributed by atoms with E-state index in [0.717, 1.165) is 5.92 Å². The summed E-state index contributed by atoms with van der Waals surface area (Å²) in [5.41, 5.74) is 1.64. The largest absolute Gasteiger partial charge is 0.0914 e. The van der Waals surface area contributed by atoms with Crippen molar-refractivity contribution < 1.29 is 0 Å². The first-order chi connectivity index (χ1) is 8.24. The van der Waals surface area contributed by atoms with Crippen molar-refractivity contribution in [3.8, 4) is 0 Å². The third-order valence-corrected chi connectivity index (χ3v) is 3.12. The van der Waals surface area contributed by atoms with Crippen LogP contribution < -0.4 is 0 Å². The molecule has 1 rings (SSSR count). The Balaban J connectivity index is 0.000000325. The summed E-state index contributed by atoms with van der Waals surface area (Å²) in [6.45, 7) is 8.73. The third kappa shape index (κ3) is 10.1. The van der Waals surface area contributed by atoms with Gasteiger partial charge in [0.25, 0.3) is 0 Å². The highest BCUT2D eigenvalue weighted by Gasteiger charge is 1.97. The van der Waals surface area contributed by atoms with E-state index < -0.39 is 0 Å². The van der Waals surface area contributed by atoms with Crippen molar-refractivity contribution in [3.05, 3.63) is 36.0 Å². The van der Waals surface area contributed by atoms with Gasteiger partial charge < -0.3 is 0 Å². The zero-order valence-corrected chi connectivity index (χ0v) is 12.2. The summed E-state index contributed by atoms with van der Waals surface area (Å²) in [6.07, 6.45) is 18.9. The van der Waals surface area contributed by atoms with E-state index in [0.29, 0.717) is 0 Å². The van der Waals surface area contributed by atoms with E-state index in [9.17, 15) is 0 Å². The second-order valence-corrected chi connectivity index (χ2v) is 4.81. The maximum Gasteiger partial charge on any atom is -0.0265 e. The Bertz CT molecular complexity index is 243. The SMILES string of the molecule is C/C=C\C(C)CC.CCCCC1=CC=CCC1. The first kappa shape index (κ1) is 16.2. The van der Waals surface area contributed by atoms with Crippen LogP contribution in [-0.4, -0.2) is 0 Å². The molecule has 0 heterocycles. The molecule has 0 aromatic heterocycles. The molecule has 0 bridgehead atoms. The molecule has 0 heteroatoms. The van der Waals surface area contributed by atoms with Crippen LogP contribution in [0.4, 0.5) is 0 Å². The molecule has 0 N–H and O–H groups in total. The lowest BCUT2D eigenvalue weighted by Gasteiger charge is -2.06. The normalized spacial score (nSPS) is 16.4. The van der Waals surface area contributed by atoms with Crippen LogP contribution >= 0.6 is 0 Å². The molecule has 1 aliphatic rings. The molecule has 1 atom stereocenters. The van der Waals surface area contributed by atoms with Gasteiger partial charge in [-0.2, -0.15) is 0 Å². The van der Waals surface area contributed by atoms with E-state index in [4.69, 9.17) is 0 Å². The van der Waals surface area contributed by atoms with Gasteiger partial charge in [-0.1, -0.05) is 69.6 Å². The highest BCUT2D eigenvalue weighted by molar-refractivity contribution is 5.17. The van der Waals surface area contributed by atoms with Crippen molar-refractivity contribution in [2.45, 2.75) is 66.2 Å². The Hall–Kier alpha value is -0.780. The Morgan fingerprint density at radius 3 is 2.53 bits per heavy atom. The van der Waals surface area contributed by atoms with E-state index in [1.165, 1.54) is 38.5 Å². The number of allylic oxidation sites excluding steroid dienone is 6. The number of rotatable bonds is 5. The monoisotopic (exact) mass is 234 g/mol. The van der Waals surface area contributed by atoms with Crippen molar-refractivity contribution in [1.82, 2.24) is 0 Å². The molecule has 0 saturated carbocycles. The molecule has 0 fully saturated rings. The minimum absolute atomic E-state index is 0.769. The average molecular weight is 234 g/mol. The van der Waals surface area contributed by atoms with Gasteiger partial charge in [-0.25, -0.2) is 0 Å². The molecule has 0 amide bonds. The number of hydrogen-bond acceptors (Lipinski definition) is 0. The number of hydrogen-bond donors (Lipinski definition) is 0. The van der Waals surface area contributed by atoms with Gasteiger partial charge in [0.15, 0.2) is 0 Å². The molecule has 17 heavy (non-hydrogen) atoms. The van der Waals surface area contributed by atoms with Gasteiger partial charge in [-0.15, -0.1) is 0 Å². The van der Waals surface area contributed by atoms with Crippen LogP contribution in [0.5, 0.6) is 0 Å². The van der Waals surface area contributed by atoms with Gasteiger partial charge in [0.05, 0.1) is 0 Å². The smallest absolute Gasteiger partial charge is 0.0265 e. The number of unbranched alkanes of at least 4 members (excludes halogenated alkanes) is 1. The summed E-state index contributed by atoms with van der Waals surface area (Å²) in [7, 11) is 0. The van der Waals surface area contributed by atoms with Crippen LogP contribution in [-0.2, 0) is 0 Å². The molecule has 0 spiro atoms. The minimum atomic E-state index is 0.769. The fourth-order valence-electron chi connectivity index (χ4n) is 1.73. The van der Waals surface area contributed by atoms with Gasteiger partial charge >= 0.3 is 0 Å². The molecular formula is C17H30. The van der Waals surface area contributed by atoms with Crippen LogP contribution in [0.15, 0.2) is 36.0 Å². The topological polar surface area (TPSA) is 0 Å². The maximum atomic E-state index is 2.28. The molecule has 0 aromatic carbocycles. The molecular weight excluding hydrogens is 204 g/mol. The quantitative estimate of drug-likeness (QED) is 0.507. The molecule has 0 nitrogen and oxygen atoms in total. The summed E-state index contributed by atoms with van der Waals surface area (Å²) < 4.78 is 0. The van der Waals surface area contributed by atoms with Crippen molar-refractivity contribution >= 4 is 0 Å². The maximum absolute atomic E-state index is 2.28. The van der Waals surface area contributed by atoms with Crippen LogP contribution in [0.25, 0.3) is 0 Å². The molecule has 98 valence electrons. The van der Waals surface area contributed by atoms with Gasteiger partial charge in [-0.3, -0.25) is 0 Å². The molecule has 0 aromatic rings. The van der Waals surface area contributed by atoms with Crippen molar-refractivity contribution in [2.24, 2.45) is 5.92 Å². The predicted octanol–water partition coefficient (Wildman–Crippen LogP) is 6.06. The zero-order valence-electron chi connectivity index (χ0n) is 12.2. The summed E-state index contributed by atoms with van der Waals surface area (Å²) >= 11 is 0. The van der Waals surface area contributed by atoms with Crippen LogP contribution in [0, 0.1) is 5.92 Å². The van der Waals surface area contributed by atoms with E-state index in [-0.39, 0.29) is 0 Å². The summed E-state index contributed by atoms with van der Waals surface area (Å²) in [6, 6.07) is 0. The molecule has 0 radical (unpaired) electrons. The fraction of sp³-hybridized carbons (Fsp3) is 0.647. The molecule has 1 aliphatic carbocycles. The van der Waals surface area contributed by atoms with Crippen molar-refractivity contribution in [2.75, 3.05) is 0 Å². The summed E-state index contributed by atoms with van der Waals surface area (Å²) in [5, 5.41) is 0. The second kappa shape index (κ2) is 11.7. The lowest BCUT2D eigenvalue weighted by Crippen LogP contribution is -1.86. The van der Waals surface area contributed by atoms with Crippen molar-refractivity contribution in [1.29, 1.82) is 0 Å². The van der Waals surface area contributed by atoms with Crippen LogP contribution in [0.3, 0.4) is 0 Å². The van der Waals surface area contributed by atoms with Crippen molar-refractivity contribution in [3.63, 3.8) is 0 Å². The Labute approximate surface area is 109 Å². The average Bonchev–Trinajstić information content (AvgIpc) is 2.38. The summed E-state index contributed by atoms with van der Waals surface area (Å²) in [5.74, 6) is 0.769. The lowest BCUT2D eigenvalue weighted by atomic mass is 10.00. The highest BCUT2D eigenvalue weighted by Crippen LogP contribution is 2.17. The third-order valence-electron chi connectivity index (χ3n) is 3.12. The first-order valence-electron chi connectivity index (χ1n) is 7.21. The van der Waals surface area contributed by atoms with Crippen LogP contribution in [0.1, 0.15) is 66.2 Å². The molecule has 1 unspecified atom stereocenters. The Morgan fingerprint density at radius 2 is 2.12 bits per heavy atom. The molecule has 0 aliphatic heterocycles. The van der Waals surface area contributed by atoms with Gasteiger partial charge in [0.1, 0.15) is 0 Å². The summed E-state index contributed by atoms with van der Waals surface area (Å²) in [4.78, 5) is 0. The Kier molecular flexibility index (Phi) is 11.2.